The lowest BCUT2D eigenvalue weighted by molar-refractivity contribution is 1.06. The third kappa shape index (κ3) is 1.64. The molecule has 0 atom stereocenters. The van der Waals surface area contributed by atoms with Gasteiger partial charge in [0.2, 0.25) is 0 Å². The molecule has 0 fully saturated rings. The van der Waals surface area contributed by atoms with Crippen LogP contribution in [0.25, 0.3) is 0 Å². The van der Waals surface area contributed by atoms with Crippen LogP contribution in [-0.2, 0) is 6.42 Å². The highest BCUT2D eigenvalue weighted by Crippen LogP contribution is 1.90. The molecule has 0 bridgehead atoms. The van der Waals surface area contributed by atoms with Gasteiger partial charge in [-0.15, -0.1) is 0 Å². The predicted octanol–water partition coefficient (Wildman–Crippen LogP) is 1.01. The second-order valence-electron chi connectivity index (χ2n) is 1.64. The fraction of sp³-hybridized carbons (Fsp3) is 0.143. The fourth-order valence-corrected chi connectivity index (χ4v) is 0.556. The monoisotopic (exact) mass is 119 g/mol. The third-order valence-corrected chi connectivity index (χ3v) is 0.944. The molecular weight excluding hydrogens is 112 g/mol. The first-order chi connectivity index (χ1) is 4.43. The topological polar surface area (TPSA) is 25.8 Å². The van der Waals surface area contributed by atoms with E-state index in [1.807, 2.05) is 0 Å². The van der Waals surface area contributed by atoms with Crippen LogP contribution in [0.1, 0.15) is 5.69 Å². The Morgan fingerprint density at radius 1 is 1.56 bits per heavy atom. The van der Waals surface area contributed by atoms with Crippen molar-refractivity contribution in [2.75, 3.05) is 0 Å². The van der Waals surface area contributed by atoms with Crippen LogP contribution in [0.3, 0.4) is 0 Å². The van der Waals surface area contributed by atoms with Gasteiger partial charge in [-0.1, -0.05) is 12.7 Å². The van der Waals surface area contributed by atoms with Gasteiger partial charge in [0, 0.05) is 25.0 Å². The molecule has 0 saturated heterocycles. The molecule has 0 aliphatic carbocycles. The van der Waals surface area contributed by atoms with E-state index in [4.69, 9.17) is 6.58 Å². The van der Waals surface area contributed by atoms with E-state index in [2.05, 4.69) is 9.97 Å². The summed E-state index contributed by atoms with van der Waals surface area (Å²) in [4.78, 5) is 7.86. The zero-order valence-corrected chi connectivity index (χ0v) is 4.99. The Balaban J connectivity index is 2.72. The third-order valence-electron chi connectivity index (χ3n) is 0.944. The minimum atomic E-state index is 0.688. The fourth-order valence-electron chi connectivity index (χ4n) is 0.556. The summed E-state index contributed by atoms with van der Waals surface area (Å²) in [6.45, 7) is 5.17. The van der Waals surface area contributed by atoms with Crippen molar-refractivity contribution in [3.63, 3.8) is 0 Å². The van der Waals surface area contributed by atoms with Crippen molar-refractivity contribution in [1.82, 2.24) is 9.97 Å². The number of nitrogens with zero attached hydrogens (tertiary/aromatic N) is 2. The number of allylic oxidation sites excluding steroid dienone is 1. The van der Waals surface area contributed by atoms with Gasteiger partial charge in [-0.05, 0) is 0 Å². The Labute approximate surface area is 54.3 Å². The normalized spacial score (nSPS) is 8.89. The number of hydrogen-bond acceptors (Lipinski definition) is 2. The first-order valence-electron chi connectivity index (χ1n) is 2.72. The van der Waals surface area contributed by atoms with Gasteiger partial charge >= 0.3 is 0 Å². The first-order valence-corrected chi connectivity index (χ1v) is 2.72. The molecule has 9 heavy (non-hydrogen) atoms. The summed E-state index contributed by atoms with van der Waals surface area (Å²) >= 11 is 0. The van der Waals surface area contributed by atoms with Crippen molar-refractivity contribution in [3.8, 4) is 0 Å². The molecule has 0 aromatic carbocycles. The van der Waals surface area contributed by atoms with Crippen LogP contribution in [0.5, 0.6) is 0 Å². The van der Waals surface area contributed by atoms with Crippen LogP contribution in [0, 0.1) is 6.58 Å². The lowest BCUT2D eigenvalue weighted by atomic mass is 10.3. The van der Waals surface area contributed by atoms with E-state index in [1.165, 1.54) is 0 Å². The molecule has 0 aliphatic rings. The molecule has 1 aromatic rings. The minimum absolute atomic E-state index is 0.688. The molecule has 0 spiro atoms. The maximum atomic E-state index is 5.17. The summed E-state index contributed by atoms with van der Waals surface area (Å²) in [5.41, 5.74) is 0.903. The highest BCUT2D eigenvalue weighted by atomic mass is 14.8. The van der Waals surface area contributed by atoms with Gasteiger partial charge in [0.25, 0.3) is 0 Å². The van der Waals surface area contributed by atoms with Crippen molar-refractivity contribution in [2.24, 2.45) is 0 Å². The molecule has 45 valence electrons. The van der Waals surface area contributed by atoms with E-state index in [0.29, 0.717) is 6.42 Å². The van der Waals surface area contributed by atoms with E-state index in [9.17, 15) is 0 Å². The van der Waals surface area contributed by atoms with Gasteiger partial charge in [-0.25, -0.2) is 0 Å². The van der Waals surface area contributed by atoms with Crippen molar-refractivity contribution >= 4 is 0 Å². The van der Waals surface area contributed by atoms with Gasteiger partial charge in [0.15, 0.2) is 0 Å². The molecule has 0 amide bonds. The first kappa shape index (κ1) is 5.95. The largest absolute Gasteiger partial charge is 0.261 e. The van der Waals surface area contributed by atoms with Crippen LogP contribution < -0.4 is 0 Å². The smallest absolute Gasteiger partial charge is 0.0624 e. The molecule has 1 radical (unpaired) electrons. The van der Waals surface area contributed by atoms with Crippen LogP contribution in [-0.4, -0.2) is 9.97 Å². The van der Waals surface area contributed by atoms with Crippen LogP contribution in [0.2, 0.25) is 0 Å². The summed E-state index contributed by atoms with van der Waals surface area (Å²) in [5, 5.41) is 0. The summed E-state index contributed by atoms with van der Waals surface area (Å²) in [7, 11) is 0. The number of hydrogen-bond donors (Lipinski definition) is 0. The van der Waals surface area contributed by atoms with Gasteiger partial charge < -0.3 is 0 Å². The Morgan fingerprint density at radius 3 is 3.00 bits per heavy atom. The highest BCUT2D eigenvalue weighted by Gasteiger charge is 1.85. The molecule has 1 heterocycles. The summed E-state index contributed by atoms with van der Waals surface area (Å²) < 4.78 is 0. The van der Waals surface area contributed by atoms with Crippen molar-refractivity contribution in [3.05, 3.63) is 36.9 Å². The second-order valence-corrected chi connectivity index (χ2v) is 1.64. The zero-order valence-electron chi connectivity index (χ0n) is 4.99. The predicted molar refractivity (Wildman–Crippen MR) is 34.6 cm³/mol. The molecule has 2 heteroatoms. The van der Waals surface area contributed by atoms with Gasteiger partial charge in [-0.2, -0.15) is 0 Å². The summed E-state index contributed by atoms with van der Waals surface area (Å²) in [6, 6.07) is 0. The molecule has 1 aromatic heterocycles. The van der Waals surface area contributed by atoms with Crippen LogP contribution in [0.4, 0.5) is 0 Å². The van der Waals surface area contributed by atoms with Gasteiger partial charge in [0.05, 0.1) is 5.69 Å². The van der Waals surface area contributed by atoms with Crippen molar-refractivity contribution < 1.29 is 0 Å². The maximum Gasteiger partial charge on any atom is 0.0624 e. The molecule has 0 N–H and O–H groups in total. The Kier molecular flexibility index (Phi) is 1.96. The second kappa shape index (κ2) is 2.97. The lowest BCUT2D eigenvalue weighted by Crippen LogP contribution is -1.85. The average molecular weight is 119 g/mol. The van der Waals surface area contributed by atoms with Crippen molar-refractivity contribution in [2.45, 2.75) is 6.42 Å². The number of aromatic nitrogens is 2. The Bertz CT molecular complexity index is 181. The van der Waals surface area contributed by atoms with E-state index >= 15 is 0 Å². The van der Waals surface area contributed by atoms with E-state index in [1.54, 1.807) is 24.7 Å². The molecule has 0 saturated carbocycles. The highest BCUT2D eigenvalue weighted by molar-refractivity contribution is 4.98. The summed E-state index contributed by atoms with van der Waals surface area (Å²) in [5.74, 6) is 0. The standard InChI is InChI=1S/C7H7N2/c1-2-3-7-6-8-4-5-9-7/h1-2,4-6H,3H2. The lowest BCUT2D eigenvalue weighted by Gasteiger charge is -1.89. The zero-order chi connectivity index (χ0) is 6.53. The van der Waals surface area contributed by atoms with Crippen molar-refractivity contribution in [1.29, 1.82) is 0 Å². The van der Waals surface area contributed by atoms with Gasteiger partial charge in [-0.3, -0.25) is 9.97 Å². The van der Waals surface area contributed by atoms with E-state index in [-0.39, 0.29) is 0 Å². The van der Waals surface area contributed by atoms with Gasteiger partial charge in [0.1, 0.15) is 0 Å². The Hall–Kier alpha value is -1.18. The average Bonchev–Trinajstić information content (AvgIpc) is 1.91. The maximum absolute atomic E-state index is 5.17. The van der Waals surface area contributed by atoms with E-state index < -0.39 is 0 Å². The Morgan fingerprint density at radius 2 is 2.44 bits per heavy atom. The SMILES string of the molecule is [CH]=CCc1cnccn1. The van der Waals surface area contributed by atoms with E-state index in [0.717, 1.165) is 5.69 Å². The minimum Gasteiger partial charge on any atom is -0.261 e. The molecule has 1 rings (SSSR count). The molecule has 0 unspecified atom stereocenters. The molecule has 2 nitrogen and oxygen atoms in total. The van der Waals surface area contributed by atoms with Crippen LogP contribution in [0.15, 0.2) is 24.7 Å². The summed E-state index contributed by atoms with van der Waals surface area (Å²) in [6.07, 6.45) is 7.24. The molecular formula is C7H7N2. The number of rotatable bonds is 2. The van der Waals surface area contributed by atoms with Crippen LogP contribution >= 0.6 is 0 Å². The quantitative estimate of drug-likeness (QED) is 0.580. The molecule has 0 aliphatic heterocycles.